The third-order valence-corrected chi connectivity index (χ3v) is 6.45. The molecule has 0 bridgehead atoms. The highest BCUT2D eigenvalue weighted by Crippen LogP contribution is 2.24. The Bertz CT molecular complexity index is 866. The van der Waals surface area contributed by atoms with Gasteiger partial charge in [0.25, 0.3) is 0 Å². The van der Waals surface area contributed by atoms with E-state index in [4.69, 9.17) is 0 Å². The minimum Gasteiger partial charge on any atom is -0.351 e. The molecule has 1 saturated heterocycles. The summed E-state index contributed by atoms with van der Waals surface area (Å²) in [5.41, 5.74) is 2.77. The van der Waals surface area contributed by atoms with Gasteiger partial charge in [-0.25, -0.2) is 8.42 Å². The zero-order chi connectivity index (χ0) is 18.6. The van der Waals surface area contributed by atoms with Crippen molar-refractivity contribution < 1.29 is 13.2 Å². The van der Waals surface area contributed by atoms with Crippen LogP contribution in [-0.4, -0.2) is 31.2 Å². The lowest BCUT2D eigenvalue weighted by molar-refractivity contribution is -0.124. The van der Waals surface area contributed by atoms with Crippen molar-refractivity contribution in [3.63, 3.8) is 0 Å². The van der Waals surface area contributed by atoms with Crippen LogP contribution in [0.5, 0.6) is 0 Å². The summed E-state index contributed by atoms with van der Waals surface area (Å²) in [5, 5.41) is 2.87. The molecule has 26 heavy (non-hydrogen) atoms. The van der Waals surface area contributed by atoms with Crippen molar-refractivity contribution in [2.45, 2.75) is 38.1 Å². The first-order valence-corrected chi connectivity index (χ1v) is 10.4. The van der Waals surface area contributed by atoms with Crippen LogP contribution in [0.3, 0.4) is 0 Å². The SMILES string of the molecule is Cc1cccc(CS(=O)(=O)N2CCC[C@H]2C(=O)NCc2ccccc2)c1. The van der Waals surface area contributed by atoms with Crippen LogP contribution >= 0.6 is 0 Å². The Hall–Kier alpha value is -2.18. The van der Waals surface area contributed by atoms with Crippen LogP contribution in [0.2, 0.25) is 0 Å². The second-order valence-corrected chi connectivity index (χ2v) is 8.64. The maximum atomic E-state index is 12.8. The monoisotopic (exact) mass is 372 g/mol. The van der Waals surface area contributed by atoms with Gasteiger partial charge in [-0.3, -0.25) is 4.79 Å². The van der Waals surface area contributed by atoms with Gasteiger partial charge in [0.05, 0.1) is 5.75 Å². The zero-order valence-corrected chi connectivity index (χ0v) is 15.7. The molecule has 138 valence electrons. The van der Waals surface area contributed by atoms with Crippen LogP contribution in [0.15, 0.2) is 54.6 Å². The zero-order valence-electron chi connectivity index (χ0n) is 14.9. The number of aryl methyl sites for hydroxylation is 1. The number of benzene rings is 2. The minimum atomic E-state index is -3.53. The molecule has 0 radical (unpaired) electrons. The van der Waals surface area contributed by atoms with Gasteiger partial charge in [0.15, 0.2) is 0 Å². The van der Waals surface area contributed by atoms with Crippen molar-refractivity contribution in [2.24, 2.45) is 0 Å². The van der Waals surface area contributed by atoms with Crippen molar-refractivity contribution in [2.75, 3.05) is 6.54 Å². The Labute approximate surface area is 155 Å². The van der Waals surface area contributed by atoms with Crippen LogP contribution < -0.4 is 5.32 Å². The summed E-state index contributed by atoms with van der Waals surface area (Å²) >= 11 is 0. The molecule has 0 aromatic heterocycles. The van der Waals surface area contributed by atoms with E-state index in [1.165, 1.54) is 4.31 Å². The predicted molar refractivity (Wildman–Crippen MR) is 102 cm³/mol. The van der Waals surface area contributed by atoms with E-state index in [9.17, 15) is 13.2 Å². The molecule has 1 amide bonds. The first-order chi connectivity index (χ1) is 12.5. The summed E-state index contributed by atoms with van der Waals surface area (Å²) in [6, 6.07) is 16.5. The fraction of sp³-hybridized carbons (Fsp3) is 0.350. The van der Waals surface area contributed by atoms with Crippen molar-refractivity contribution in [1.82, 2.24) is 9.62 Å². The largest absolute Gasteiger partial charge is 0.351 e. The summed E-state index contributed by atoms with van der Waals surface area (Å²) in [5.74, 6) is -0.295. The predicted octanol–water partition coefficient (Wildman–Crippen LogP) is 2.61. The van der Waals surface area contributed by atoms with Crippen LogP contribution in [0.4, 0.5) is 0 Å². The highest BCUT2D eigenvalue weighted by atomic mass is 32.2. The van der Waals surface area contributed by atoms with E-state index in [2.05, 4.69) is 5.32 Å². The fourth-order valence-electron chi connectivity index (χ4n) is 3.33. The fourth-order valence-corrected chi connectivity index (χ4v) is 5.10. The lowest BCUT2D eigenvalue weighted by Crippen LogP contribution is -2.46. The summed E-state index contributed by atoms with van der Waals surface area (Å²) in [6.07, 6.45) is 1.27. The molecule has 1 atom stereocenters. The smallest absolute Gasteiger partial charge is 0.238 e. The summed E-state index contributed by atoms with van der Waals surface area (Å²) in [6.45, 7) is 2.74. The summed E-state index contributed by atoms with van der Waals surface area (Å²) in [7, 11) is -3.53. The second-order valence-electron chi connectivity index (χ2n) is 6.72. The molecule has 0 unspecified atom stereocenters. The minimum absolute atomic E-state index is 0.0723. The molecule has 6 heteroatoms. The van der Waals surface area contributed by atoms with E-state index < -0.39 is 16.1 Å². The van der Waals surface area contributed by atoms with Gasteiger partial charge in [-0.2, -0.15) is 4.31 Å². The summed E-state index contributed by atoms with van der Waals surface area (Å²) in [4.78, 5) is 12.6. The van der Waals surface area contributed by atoms with Crippen LogP contribution in [0.25, 0.3) is 0 Å². The number of nitrogens with zero attached hydrogens (tertiary/aromatic N) is 1. The molecule has 0 spiro atoms. The standard InChI is InChI=1S/C20H24N2O3S/c1-16-7-5-10-18(13-16)15-26(24,25)22-12-6-11-19(22)20(23)21-14-17-8-3-2-4-9-17/h2-5,7-10,13,19H,6,11-12,14-15H2,1H3,(H,21,23)/t19-/m0/s1. The topological polar surface area (TPSA) is 66.5 Å². The Morgan fingerprint density at radius 3 is 2.58 bits per heavy atom. The molecule has 0 saturated carbocycles. The average molecular weight is 372 g/mol. The maximum Gasteiger partial charge on any atom is 0.238 e. The number of nitrogens with one attached hydrogen (secondary N) is 1. The van der Waals surface area contributed by atoms with Gasteiger partial charge in [0.2, 0.25) is 15.9 Å². The third kappa shape index (κ3) is 4.51. The van der Waals surface area contributed by atoms with E-state index in [1.54, 1.807) is 0 Å². The van der Waals surface area contributed by atoms with Gasteiger partial charge in [-0.05, 0) is 30.9 Å². The number of rotatable bonds is 6. The average Bonchev–Trinajstić information content (AvgIpc) is 3.11. The van der Waals surface area contributed by atoms with Gasteiger partial charge in [-0.15, -0.1) is 0 Å². The van der Waals surface area contributed by atoms with E-state index in [-0.39, 0.29) is 11.7 Å². The van der Waals surface area contributed by atoms with Crippen molar-refractivity contribution in [1.29, 1.82) is 0 Å². The molecule has 1 fully saturated rings. The van der Waals surface area contributed by atoms with Crippen LogP contribution in [-0.2, 0) is 27.1 Å². The summed E-state index contributed by atoms with van der Waals surface area (Å²) < 4.78 is 27.1. The maximum absolute atomic E-state index is 12.8. The quantitative estimate of drug-likeness (QED) is 0.848. The third-order valence-electron chi connectivity index (χ3n) is 4.60. The molecular formula is C20H24N2O3S. The Morgan fingerprint density at radius 2 is 1.85 bits per heavy atom. The Balaban J connectivity index is 1.67. The Kier molecular flexibility index (Phi) is 5.74. The van der Waals surface area contributed by atoms with Gasteiger partial charge >= 0.3 is 0 Å². The van der Waals surface area contributed by atoms with Crippen LogP contribution in [0, 0.1) is 6.92 Å². The second kappa shape index (κ2) is 8.01. The highest BCUT2D eigenvalue weighted by molar-refractivity contribution is 7.88. The van der Waals surface area contributed by atoms with Gasteiger partial charge in [0.1, 0.15) is 6.04 Å². The lowest BCUT2D eigenvalue weighted by atomic mass is 10.2. The van der Waals surface area contributed by atoms with Crippen molar-refractivity contribution in [3.8, 4) is 0 Å². The van der Waals surface area contributed by atoms with Gasteiger partial charge in [-0.1, -0.05) is 60.2 Å². The van der Waals surface area contributed by atoms with Crippen molar-refractivity contribution in [3.05, 3.63) is 71.3 Å². The number of carbonyl (C=O) groups is 1. The molecule has 5 nitrogen and oxygen atoms in total. The number of hydrogen-bond acceptors (Lipinski definition) is 3. The highest BCUT2D eigenvalue weighted by Gasteiger charge is 2.38. The first kappa shape index (κ1) is 18.6. The first-order valence-electron chi connectivity index (χ1n) is 8.82. The van der Waals surface area contributed by atoms with Gasteiger partial charge < -0.3 is 5.32 Å². The van der Waals surface area contributed by atoms with Gasteiger partial charge in [0, 0.05) is 13.1 Å². The van der Waals surface area contributed by atoms with Crippen LogP contribution in [0.1, 0.15) is 29.5 Å². The van der Waals surface area contributed by atoms with E-state index in [1.807, 2.05) is 61.5 Å². The molecule has 1 aliphatic rings. The lowest BCUT2D eigenvalue weighted by Gasteiger charge is -2.23. The van der Waals surface area contributed by atoms with Crippen molar-refractivity contribution >= 4 is 15.9 Å². The number of sulfonamides is 1. The molecule has 0 aliphatic carbocycles. The molecule has 1 heterocycles. The molecule has 2 aromatic carbocycles. The number of carbonyl (C=O) groups excluding carboxylic acids is 1. The molecular weight excluding hydrogens is 348 g/mol. The number of hydrogen-bond donors (Lipinski definition) is 1. The molecule has 2 aromatic rings. The molecule has 1 N–H and O–H groups in total. The number of amides is 1. The molecule has 1 aliphatic heterocycles. The Morgan fingerprint density at radius 1 is 1.12 bits per heavy atom. The molecule has 3 rings (SSSR count). The van der Waals surface area contributed by atoms with E-state index >= 15 is 0 Å². The van der Waals surface area contributed by atoms with E-state index in [0.717, 1.165) is 16.7 Å². The van der Waals surface area contributed by atoms with E-state index in [0.29, 0.717) is 25.9 Å². The normalized spacial score (nSPS) is 18.0.